The van der Waals surface area contributed by atoms with Gasteiger partial charge in [-0.3, -0.25) is 24.0 Å². The molecule has 3 aliphatic rings. The van der Waals surface area contributed by atoms with E-state index in [4.69, 9.17) is 9.47 Å². The Hall–Kier alpha value is -3.47. The average Bonchev–Trinajstić information content (AvgIpc) is 3.87. The molecular formula is C32H46N4O7. The van der Waals surface area contributed by atoms with Crippen LogP contribution in [0.1, 0.15) is 77.2 Å². The molecule has 236 valence electrons. The predicted octanol–water partition coefficient (Wildman–Crippen LogP) is 2.05. The fourth-order valence-electron chi connectivity index (χ4n) is 5.82. The number of nitrogens with one attached hydrogen (secondary N) is 3. The minimum atomic E-state index is -0.965. The van der Waals surface area contributed by atoms with Gasteiger partial charge in [0.25, 0.3) is 0 Å². The quantitative estimate of drug-likeness (QED) is 0.247. The van der Waals surface area contributed by atoms with Gasteiger partial charge in [-0.1, -0.05) is 45.2 Å². The van der Waals surface area contributed by atoms with Crippen molar-refractivity contribution in [2.24, 2.45) is 5.92 Å². The summed E-state index contributed by atoms with van der Waals surface area (Å²) in [6.45, 7) is 4.78. The van der Waals surface area contributed by atoms with Gasteiger partial charge in [0.2, 0.25) is 23.6 Å². The number of nitrogens with zero attached hydrogens (tertiary/aromatic N) is 1. The summed E-state index contributed by atoms with van der Waals surface area (Å²) in [5.74, 6) is -0.907. The highest BCUT2D eigenvalue weighted by molar-refractivity contribution is 5.97. The lowest BCUT2D eigenvalue weighted by molar-refractivity contribution is -0.147. The molecule has 3 aliphatic heterocycles. The summed E-state index contributed by atoms with van der Waals surface area (Å²) < 4.78 is 10.3. The Bertz CT molecular complexity index is 1150. The molecule has 3 heterocycles. The van der Waals surface area contributed by atoms with Crippen LogP contribution in [0.15, 0.2) is 24.3 Å². The Morgan fingerprint density at radius 3 is 2.35 bits per heavy atom. The zero-order valence-corrected chi connectivity index (χ0v) is 25.6. The molecule has 0 radical (unpaired) electrons. The highest BCUT2D eigenvalue weighted by atomic mass is 16.6. The Balaban J connectivity index is 1.56. The molecule has 3 fully saturated rings. The minimum Gasteiger partial charge on any atom is -0.497 e. The summed E-state index contributed by atoms with van der Waals surface area (Å²) in [7, 11) is 1.57. The number of rotatable bonds is 12. The van der Waals surface area contributed by atoms with Crippen LogP contribution < -0.4 is 20.7 Å². The summed E-state index contributed by atoms with van der Waals surface area (Å²) in [4.78, 5) is 68.6. The van der Waals surface area contributed by atoms with Crippen molar-refractivity contribution in [3.63, 3.8) is 0 Å². The zero-order valence-electron chi connectivity index (χ0n) is 25.6. The number of ether oxygens (including phenoxy) is 2. The van der Waals surface area contributed by atoms with Gasteiger partial charge in [-0.15, -0.1) is 0 Å². The van der Waals surface area contributed by atoms with Gasteiger partial charge in [0.05, 0.1) is 13.7 Å². The van der Waals surface area contributed by atoms with Crippen LogP contribution in [0, 0.1) is 5.92 Å². The topological polar surface area (TPSA) is 146 Å². The molecule has 6 unspecified atom stereocenters. The molecule has 11 nitrogen and oxygen atoms in total. The first-order valence-electron chi connectivity index (χ1n) is 15.7. The normalized spacial score (nSPS) is 27.0. The maximum absolute atomic E-state index is 13.9. The van der Waals surface area contributed by atoms with Crippen molar-refractivity contribution in [1.29, 1.82) is 0 Å². The van der Waals surface area contributed by atoms with Crippen LogP contribution in [-0.2, 0) is 35.1 Å². The second-order valence-electron chi connectivity index (χ2n) is 12.0. The molecule has 0 aromatic heterocycles. The molecule has 4 amide bonds. The van der Waals surface area contributed by atoms with E-state index in [0.29, 0.717) is 63.8 Å². The van der Waals surface area contributed by atoms with Crippen molar-refractivity contribution in [3.05, 3.63) is 29.8 Å². The number of Topliss-reactive ketones (excluding diaryl/α,β-unsaturated/α-hetero) is 1. The SMILES string of the molecule is CCC(C)C1NC(=O)C(Cc2ccc(OC)cc2)NC(=O)C(CCCCCC(=O)C2CO2)NC(=O)C2CCCCN2C1=O. The fraction of sp³-hybridized carbons (Fsp3) is 0.656. The van der Waals surface area contributed by atoms with E-state index in [1.807, 2.05) is 26.0 Å². The highest BCUT2D eigenvalue weighted by Crippen LogP contribution is 2.23. The van der Waals surface area contributed by atoms with Crippen LogP contribution in [0.2, 0.25) is 0 Å². The number of methoxy groups -OCH3 is 1. The van der Waals surface area contributed by atoms with E-state index in [9.17, 15) is 24.0 Å². The van der Waals surface area contributed by atoms with Crippen molar-refractivity contribution in [2.75, 3.05) is 20.3 Å². The van der Waals surface area contributed by atoms with E-state index in [2.05, 4.69) is 16.0 Å². The van der Waals surface area contributed by atoms with E-state index in [1.54, 1.807) is 24.1 Å². The molecule has 1 aromatic rings. The molecule has 0 spiro atoms. The lowest BCUT2D eigenvalue weighted by atomic mass is 9.93. The van der Waals surface area contributed by atoms with Gasteiger partial charge in [-0.2, -0.15) is 0 Å². The van der Waals surface area contributed by atoms with Crippen LogP contribution in [0.3, 0.4) is 0 Å². The number of ketones is 1. The third-order valence-corrected chi connectivity index (χ3v) is 8.84. The Labute approximate surface area is 253 Å². The van der Waals surface area contributed by atoms with Gasteiger partial charge in [0.1, 0.15) is 36.0 Å². The number of amides is 4. The summed E-state index contributed by atoms with van der Waals surface area (Å²) in [5.41, 5.74) is 0.806. The number of hydrogen-bond acceptors (Lipinski definition) is 7. The van der Waals surface area contributed by atoms with Crippen LogP contribution in [-0.4, -0.2) is 84.8 Å². The smallest absolute Gasteiger partial charge is 0.246 e. The lowest BCUT2D eigenvalue weighted by Gasteiger charge is -2.39. The second-order valence-corrected chi connectivity index (χ2v) is 12.0. The number of hydrogen-bond donors (Lipinski definition) is 3. The Kier molecular flexibility index (Phi) is 11.6. The molecule has 0 aliphatic carbocycles. The number of carbonyl (C=O) groups excluding carboxylic acids is 5. The Morgan fingerprint density at radius 1 is 0.977 bits per heavy atom. The minimum absolute atomic E-state index is 0.0993. The zero-order chi connectivity index (χ0) is 30.9. The monoisotopic (exact) mass is 598 g/mol. The lowest BCUT2D eigenvalue weighted by Crippen LogP contribution is -2.64. The van der Waals surface area contributed by atoms with Crippen molar-refractivity contribution >= 4 is 29.4 Å². The molecule has 6 atom stereocenters. The maximum atomic E-state index is 13.9. The first kappa shape index (κ1) is 32.4. The van der Waals surface area contributed by atoms with Gasteiger partial charge in [-0.25, -0.2) is 0 Å². The predicted molar refractivity (Wildman–Crippen MR) is 159 cm³/mol. The second kappa shape index (κ2) is 15.3. The summed E-state index contributed by atoms with van der Waals surface area (Å²) in [6.07, 6.45) is 5.41. The van der Waals surface area contributed by atoms with Gasteiger partial charge in [-0.05, 0) is 55.7 Å². The number of epoxide rings is 1. The van der Waals surface area contributed by atoms with Crippen molar-refractivity contribution in [3.8, 4) is 5.75 Å². The van der Waals surface area contributed by atoms with Crippen molar-refractivity contribution < 1.29 is 33.4 Å². The first-order chi connectivity index (χ1) is 20.7. The van der Waals surface area contributed by atoms with Crippen molar-refractivity contribution in [1.82, 2.24) is 20.9 Å². The maximum Gasteiger partial charge on any atom is 0.246 e. The van der Waals surface area contributed by atoms with Crippen LogP contribution in [0.5, 0.6) is 5.75 Å². The van der Waals surface area contributed by atoms with E-state index in [0.717, 1.165) is 18.4 Å². The van der Waals surface area contributed by atoms with Gasteiger partial charge in [0, 0.05) is 19.4 Å². The van der Waals surface area contributed by atoms with E-state index < -0.39 is 36.0 Å². The fourth-order valence-corrected chi connectivity index (χ4v) is 5.82. The third-order valence-electron chi connectivity index (χ3n) is 8.84. The summed E-state index contributed by atoms with van der Waals surface area (Å²) in [6, 6.07) is 3.86. The van der Waals surface area contributed by atoms with E-state index >= 15 is 0 Å². The molecule has 43 heavy (non-hydrogen) atoms. The molecule has 3 saturated heterocycles. The Morgan fingerprint density at radius 2 is 1.67 bits per heavy atom. The summed E-state index contributed by atoms with van der Waals surface area (Å²) in [5, 5.41) is 8.76. The van der Waals surface area contributed by atoms with Gasteiger partial charge < -0.3 is 30.3 Å². The summed E-state index contributed by atoms with van der Waals surface area (Å²) >= 11 is 0. The first-order valence-corrected chi connectivity index (χ1v) is 15.7. The highest BCUT2D eigenvalue weighted by Gasteiger charge is 2.40. The van der Waals surface area contributed by atoms with Crippen LogP contribution in [0.25, 0.3) is 0 Å². The molecule has 0 bridgehead atoms. The van der Waals surface area contributed by atoms with E-state index in [1.165, 1.54) is 0 Å². The van der Waals surface area contributed by atoms with Crippen LogP contribution in [0.4, 0.5) is 0 Å². The molecule has 11 heteroatoms. The number of unbranched alkanes of at least 4 members (excludes halogenated alkanes) is 2. The molecule has 0 saturated carbocycles. The average molecular weight is 599 g/mol. The van der Waals surface area contributed by atoms with Gasteiger partial charge >= 0.3 is 0 Å². The van der Waals surface area contributed by atoms with Crippen LogP contribution >= 0.6 is 0 Å². The standard InChI is InChI=1S/C32H46N4O7/c1-4-20(2)28-32(41)36-17-9-8-11-25(36)31(40)33-23(10-6-5-7-12-26(37)27-19-43-27)29(38)34-24(30(39)35-28)18-21-13-15-22(42-3)16-14-21/h13-16,20,23-25,27-28H,4-12,17-19H2,1-3H3,(H,33,40)(H,34,38)(H,35,39). The third kappa shape index (κ3) is 8.78. The molecule has 1 aromatic carbocycles. The largest absolute Gasteiger partial charge is 0.497 e. The number of piperidine rings is 1. The van der Waals surface area contributed by atoms with Gasteiger partial charge in [0.15, 0.2) is 5.78 Å². The van der Waals surface area contributed by atoms with Crippen molar-refractivity contribution in [2.45, 2.75) is 108 Å². The number of benzene rings is 1. The molecule has 4 rings (SSSR count). The molecule has 3 N–H and O–H groups in total. The molecular weight excluding hydrogens is 552 g/mol. The number of fused-ring (bicyclic) bond motifs is 1. The number of carbonyl (C=O) groups is 5. The van der Waals surface area contributed by atoms with E-state index in [-0.39, 0.29) is 36.0 Å².